The van der Waals surface area contributed by atoms with Crippen molar-refractivity contribution in [2.45, 2.75) is 24.2 Å². The Morgan fingerprint density at radius 2 is 1.71 bits per heavy atom. The topological polar surface area (TPSA) is 113 Å². The monoisotopic (exact) mass is 582 g/mol. The minimum Gasteiger partial charge on any atom is -0.504 e. The average molecular weight is 583 g/mol. The molecule has 0 aromatic heterocycles. The van der Waals surface area contributed by atoms with Gasteiger partial charge in [-0.05, 0) is 48.6 Å². The molecule has 3 fully saturated rings. The Kier molecular flexibility index (Phi) is 6.02. The second kappa shape index (κ2) is 9.56. The Morgan fingerprint density at radius 3 is 2.45 bits per heavy atom. The summed E-state index contributed by atoms with van der Waals surface area (Å²) < 4.78 is 5.46. The van der Waals surface area contributed by atoms with Gasteiger partial charge in [-0.25, -0.2) is 4.90 Å². The third-order valence-corrected chi connectivity index (χ3v) is 9.81. The number of nitrogens with zero attached hydrogens (tertiary/aromatic N) is 1. The molecule has 2 N–H and O–H groups in total. The molecule has 2 heterocycles. The maximum absolute atomic E-state index is 15.0. The molecule has 6 atom stereocenters. The van der Waals surface area contributed by atoms with Crippen molar-refractivity contribution in [3.05, 3.63) is 101 Å². The fourth-order valence-electron chi connectivity index (χ4n) is 7.94. The van der Waals surface area contributed by atoms with Gasteiger partial charge in [-0.2, -0.15) is 0 Å². The van der Waals surface area contributed by atoms with Crippen LogP contribution < -0.4 is 15.0 Å². The van der Waals surface area contributed by atoms with Crippen molar-refractivity contribution in [3.8, 4) is 11.5 Å². The van der Waals surface area contributed by atoms with E-state index in [1.165, 1.54) is 12.0 Å². The molecule has 8 nitrogen and oxygen atoms in total. The van der Waals surface area contributed by atoms with Crippen molar-refractivity contribution >= 4 is 40.9 Å². The number of hydrogen-bond acceptors (Lipinski definition) is 6. The molecule has 42 heavy (non-hydrogen) atoms. The van der Waals surface area contributed by atoms with Crippen LogP contribution in [0.3, 0.4) is 0 Å². The molecule has 4 amide bonds. The largest absolute Gasteiger partial charge is 0.504 e. The molecule has 7 rings (SSSR count). The van der Waals surface area contributed by atoms with E-state index in [0.717, 1.165) is 5.57 Å². The van der Waals surface area contributed by atoms with Crippen LogP contribution >= 0.6 is 11.6 Å². The van der Waals surface area contributed by atoms with Gasteiger partial charge in [-0.15, -0.1) is 0 Å². The number of imide groups is 2. The third kappa shape index (κ3) is 3.48. The van der Waals surface area contributed by atoms with E-state index in [-0.39, 0.29) is 29.7 Å². The van der Waals surface area contributed by atoms with Gasteiger partial charge in [-0.3, -0.25) is 24.5 Å². The molecule has 212 valence electrons. The van der Waals surface area contributed by atoms with E-state index >= 15 is 4.79 Å². The van der Waals surface area contributed by atoms with Crippen LogP contribution in [0.25, 0.3) is 0 Å². The number of carbonyl (C=O) groups excluding carboxylic acids is 4. The summed E-state index contributed by atoms with van der Waals surface area (Å²) in [6.07, 6.45) is 2.44. The van der Waals surface area contributed by atoms with E-state index < -0.39 is 46.8 Å². The van der Waals surface area contributed by atoms with Crippen LogP contribution in [-0.4, -0.2) is 35.8 Å². The van der Waals surface area contributed by atoms with Crippen molar-refractivity contribution in [3.63, 3.8) is 0 Å². The first-order valence-electron chi connectivity index (χ1n) is 13.9. The minimum atomic E-state index is -1.46. The number of fused-ring (bicyclic) bond motifs is 4. The number of allylic oxidation sites excluding steroid dienone is 2. The molecule has 9 heteroatoms. The van der Waals surface area contributed by atoms with Crippen LogP contribution in [0.15, 0.2) is 84.4 Å². The Labute approximate surface area is 246 Å². The first-order valence-corrected chi connectivity index (χ1v) is 14.3. The van der Waals surface area contributed by atoms with E-state index in [1.54, 1.807) is 42.5 Å². The predicted octanol–water partition coefficient (Wildman–Crippen LogP) is 4.50. The van der Waals surface area contributed by atoms with Crippen molar-refractivity contribution in [2.24, 2.45) is 23.7 Å². The molecule has 2 aliphatic heterocycles. The van der Waals surface area contributed by atoms with E-state index in [4.69, 9.17) is 16.3 Å². The van der Waals surface area contributed by atoms with Gasteiger partial charge < -0.3 is 9.84 Å². The maximum atomic E-state index is 15.0. The number of phenols is 1. The quantitative estimate of drug-likeness (QED) is 0.346. The summed E-state index contributed by atoms with van der Waals surface area (Å²) in [6.45, 7) is 0. The van der Waals surface area contributed by atoms with Crippen molar-refractivity contribution in [1.82, 2.24) is 5.32 Å². The summed E-state index contributed by atoms with van der Waals surface area (Å²) in [4.78, 5) is 56.7. The van der Waals surface area contributed by atoms with Crippen molar-refractivity contribution in [1.29, 1.82) is 0 Å². The Morgan fingerprint density at radius 1 is 0.952 bits per heavy atom. The number of anilines is 1. The van der Waals surface area contributed by atoms with Crippen LogP contribution in [0.4, 0.5) is 5.69 Å². The average Bonchev–Trinajstić information content (AvgIpc) is 3.41. The highest BCUT2D eigenvalue weighted by molar-refractivity contribution is 6.32. The number of benzene rings is 3. The molecule has 4 aliphatic rings. The van der Waals surface area contributed by atoms with Gasteiger partial charge in [0.1, 0.15) is 0 Å². The number of carbonyl (C=O) groups is 4. The lowest BCUT2D eigenvalue weighted by molar-refractivity contribution is -0.128. The zero-order valence-electron chi connectivity index (χ0n) is 22.6. The lowest BCUT2D eigenvalue weighted by Crippen LogP contribution is -2.53. The van der Waals surface area contributed by atoms with Gasteiger partial charge in [0.15, 0.2) is 11.5 Å². The lowest BCUT2D eigenvalue weighted by Gasteiger charge is -2.50. The second-order valence-electron chi connectivity index (χ2n) is 11.3. The number of nitrogens with one attached hydrogen (secondary N) is 1. The molecule has 3 aromatic rings. The van der Waals surface area contributed by atoms with E-state index in [0.29, 0.717) is 28.3 Å². The number of para-hydroxylation sites is 1. The summed E-state index contributed by atoms with van der Waals surface area (Å²) in [6, 6.07) is 20.9. The predicted molar refractivity (Wildman–Crippen MR) is 154 cm³/mol. The molecule has 0 bridgehead atoms. The van der Waals surface area contributed by atoms with Crippen molar-refractivity contribution in [2.75, 3.05) is 12.0 Å². The zero-order valence-corrected chi connectivity index (χ0v) is 23.4. The van der Waals surface area contributed by atoms with E-state index in [9.17, 15) is 19.5 Å². The first-order chi connectivity index (χ1) is 20.3. The Bertz CT molecular complexity index is 1700. The number of aromatic hydroxyl groups is 1. The normalized spacial score (nSPS) is 29.9. The third-order valence-electron chi connectivity index (χ3n) is 9.57. The zero-order chi connectivity index (χ0) is 29.3. The number of ether oxygens (including phenoxy) is 1. The van der Waals surface area contributed by atoms with Crippen LogP contribution in [-0.2, 0) is 24.6 Å². The smallest absolute Gasteiger partial charge is 0.246 e. The lowest BCUT2D eigenvalue weighted by atomic mass is 9.49. The van der Waals surface area contributed by atoms with E-state index in [2.05, 4.69) is 5.32 Å². The number of halogens is 1. The van der Waals surface area contributed by atoms with Crippen LogP contribution in [0.1, 0.15) is 29.9 Å². The molecule has 0 spiro atoms. The van der Waals surface area contributed by atoms with Gasteiger partial charge in [0.25, 0.3) is 0 Å². The molecular weight excluding hydrogens is 556 g/mol. The highest BCUT2D eigenvalue weighted by atomic mass is 35.5. The van der Waals surface area contributed by atoms with Gasteiger partial charge >= 0.3 is 0 Å². The SMILES string of the molecule is COc1cccc(C2C3=CCC4C(=O)NC(=O)C4C3CC3C(=O)N(c4cccc(Cl)c4)C(=O)C32c2ccccc2)c1O. The summed E-state index contributed by atoms with van der Waals surface area (Å²) >= 11 is 6.31. The number of methoxy groups -OCH3 is 1. The molecule has 6 unspecified atom stereocenters. The van der Waals surface area contributed by atoms with Crippen LogP contribution in [0.2, 0.25) is 5.02 Å². The summed E-state index contributed by atoms with van der Waals surface area (Å²) in [5, 5.41) is 14.4. The second-order valence-corrected chi connectivity index (χ2v) is 11.8. The number of hydrogen-bond donors (Lipinski definition) is 2. The first kappa shape index (κ1) is 26.5. The number of amides is 4. The molecule has 2 saturated heterocycles. The molecule has 0 radical (unpaired) electrons. The van der Waals surface area contributed by atoms with E-state index in [1.807, 2.05) is 36.4 Å². The maximum Gasteiger partial charge on any atom is 0.246 e. The molecule has 1 saturated carbocycles. The summed E-state index contributed by atoms with van der Waals surface area (Å²) in [7, 11) is 1.45. The molecule has 2 aliphatic carbocycles. The van der Waals surface area contributed by atoms with Gasteiger partial charge in [0.2, 0.25) is 23.6 Å². The van der Waals surface area contributed by atoms with Gasteiger partial charge in [-0.1, -0.05) is 71.8 Å². The highest BCUT2D eigenvalue weighted by Crippen LogP contribution is 2.65. The minimum absolute atomic E-state index is 0.142. The summed E-state index contributed by atoms with van der Waals surface area (Å²) in [5.41, 5.74) is 0.687. The molecular formula is C33H27ClN2O6. The molecule has 3 aromatic carbocycles. The van der Waals surface area contributed by atoms with Gasteiger partial charge in [0, 0.05) is 16.5 Å². The van der Waals surface area contributed by atoms with Crippen LogP contribution in [0.5, 0.6) is 11.5 Å². The van der Waals surface area contributed by atoms with Crippen molar-refractivity contribution < 1.29 is 29.0 Å². The number of phenolic OH excluding ortho intramolecular Hbond substituents is 1. The fraction of sp³-hybridized carbons (Fsp3) is 0.273. The number of rotatable bonds is 4. The fourth-order valence-corrected chi connectivity index (χ4v) is 8.12. The summed E-state index contributed by atoms with van der Waals surface area (Å²) in [5.74, 6) is -4.91. The van der Waals surface area contributed by atoms with Gasteiger partial charge in [0.05, 0.1) is 36.0 Å². The highest BCUT2D eigenvalue weighted by Gasteiger charge is 2.70. The van der Waals surface area contributed by atoms with Crippen LogP contribution in [0, 0.1) is 23.7 Å². The standard InChI is InChI=1S/C33H27ClN2O6/c1-42-25-12-6-11-22(28(25)37)27-20-13-14-21-26(30(39)35-29(21)38)23(20)16-24-31(40)36(19-10-5-9-18(34)15-19)32(41)33(24,27)17-7-3-2-4-8-17/h2-13,15,21,23-24,26-27,37H,14,16H2,1H3,(H,35,38,39). The Balaban J connectivity index is 1.54. The Hall–Kier alpha value is -4.43.